The van der Waals surface area contributed by atoms with Gasteiger partial charge in [-0.25, -0.2) is 0 Å². The average Bonchev–Trinajstić information content (AvgIpc) is 2.47. The normalized spacial score (nSPS) is 12.1. The lowest BCUT2D eigenvalue weighted by molar-refractivity contribution is 1.01. The first-order valence-electron chi connectivity index (χ1n) is 3.84. The van der Waals surface area contributed by atoms with Crippen molar-refractivity contribution in [3.8, 4) is 0 Å². The van der Waals surface area contributed by atoms with Gasteiger partial charge in [-0.1, -0.05) is 6.08 Å². The third-order valence-electron chi connectivity index (χ3n) is 1.66. The van der Waals surface area contributed by atoms with E-state index in [1.165, 1.54) is 15.6 Å². The van der Waals surface area contributed by atoms with Gasteiger partial charge in [0.2, 0.25) is 0 Å². The fraction of sp³-hybridized carbons (Fsp3) is 0.333. The zero-order chi connectivity index (χ0) is 8.97. The van der Waals surface area contributed by atoms with E-state index in [0.29, 0.717) is 0 Å². The first-order chi connectivity index (χ1) is 5.75. The van der Waals surface area contributed by atoms with Crippen molar-refractivity contribution in [3.63, 3.8) is 0 Å². The molecule has 1 nitrogen and oxygen atoms in total. The Bertz CT molecular complexity index is 278. The second-order valence-electron chi connectivity index (χ2n) is 2.60. The Balaban J connectivity index is 2.77. The molecular formula is C9H12BrNS. The minimum Gasteiger partial charge on any atom is -0.330 e. The molecule has 0 amide bonds. The molecule has 0 atom stereocenters. The molecule has 0 saturated heterocycles. The summed E-state index contributed by atoms with van der Waals surface area (Å²) in [4.78, 5) is 0. The number of hydrogen-bond donors (Lipinski definition) is 1. The van der Waals surface area contributed by atoms with Gasteiger partial charge in [-0.15, -0.1) is 0 Å². The van der Waals surface area contributed by atoms with Crippen LogP contribution in [0.3, 0.4) is 0 Å². The fourth-order valence-electron chi connectivity index (χ4n) is 0.973. The molecule has 2 N–H and O–H groups in total. The Kier molecular flexibility index (Phi) is 3.98. The highest BCUT2D eigenvalue weighted by molar-refractivity contribution is 9.10. The van der Waals surface area contributed by atoms with E-state index in [2.05, 4.69) is 39.7 Å². The molecule has 0 aromatic carbocycles. The summed E-state index contributed by atoms with van der Waals surface area (Å²) in [6.45, 7) is 2.83. The number of hydrogen-bond acceptors (Lipinski definition) is 2. The number of thiophene rings is 1. The monoisotopic (exact) mass is 245 g/mol. The van der Waals surface area contributed by atoms with Crippen molar-refractivity contribution in [2.75, 3.05) is 6.54 Å². The molecule has 12 heavy (non-hydrogen) atoms. The zero-order valence-corrected chi connectivity index (χ0v) is 9.41. The third kappa shape index (κ3) is 2.44. The zero-order valence-electron chi connectivity index (χ0n) is 7.01. The van der Waals surface area contributed by atoms with Crippen molar-refractivity contribution in [1.29, 1.82) is 0 Å². The van der Waals surface area contributed by atoms with Crippen LogP contribution in [0.2, 0.25) is 0 Å². The van der Waals surface area contributed by atoms with Gasteiger partial charge in [-0.3, -0.25) is 0 Å². The van der Waals surface area contributed by atoms with Crippen molar-refractivity contribution in [2.24, 2.45) is 5.73 Å². The highest BCUT2D eigenvalue weighted by Crippen LogP contribution is 2.27. The predicted molar refractivity (Wildman–Crippen MR) is 59.3 cm³/mol. The molecule has 0 unspecified atom stereocenters. The van der Waals surface area contributed by atoms with Crippen LogP contribution in [0.4, 0.5) is 0 Å². The van der Waals surface area contributed by atoms with Gasteiger partial charge in [-0.05, 0) is 46.8 Å². The molecule has 0 aliphatic heterocycles. The number of allylic oxidation sites excluding steroid dienone is 1. The molecule has 0 aliphatic carbocycles. The molecule has 0 aliphatic rings. The minimum absolute atomic E-state index is 0.721. The molecule has 0 bridgehead atoms. The van der Waals surface area contributed by atoms with E-state index in [1.54, 1.807) is 11.3 Å². The Labute approximate surface area is 85.4 Å². The molecule has 0 fully saturated rings. The van der Waals surface area contributed by atoms with Crippen LogP contribution < -0.4 is 5.73 Å². The summed E-state index contributed by atoms with van der Waals surface area (Å²) in [5, 5.41) is 4.24. The molecular weight excluding hydrogens is 234 g/mol. The predicted octanol–water partition coefficient (Wildman–Crippen LogP) is 3.26. The molecule has 1 rings (SSSR count). The number of nitrogens with two attached hydrogens (primary N) is 1. The van der Waals surface area contributed by atoms with E-state index >= 15 is 0 Å². The van der Waals surface area contributed by atoms with Crippen LogP contribution in [0.1, 0.15) is 18.9 Å². The van der Waals surface area contributed by atoms with E-state index < -0.39 is 0 Å². The Morgan fingerprint density at radius 1 is 1.67 bits per heavy atom. The fourth-order valence-corrected chi connectivity index (χ4v) is 2.64. The molecule has 1 aromatic rings. The van der Waals surface area contributed by atoms with Crippen LogP contribution in [-0.2, 0) is 0 Å². The van der Waals surface area contributed by atoms with Gasteiger partial charge in [0.15, 0.2) is 0 Å². The highest BCUT2D eigenvalue weighted by atomic mass is 79.9. The lowest BCUT2D eigenvalue weighted by Gasteiger charge is -1.97. The molecule has 66 valence electrons. The number of halogens is 1. The topological polar surface area (TPSA) is 26.0 Å². The SMILES string of the molecule is C/C(=C/CCN)c1cscc1Br. The van der Waals surface area contributed by atoms with Gasteiger partial charge >= 0.3 is 0 Å². The average molecular weight is 246 g/mol. The Morgan fingerprint density at radius 2 is 2.42 bits per heavy atom. The van der Waals surface area contributed by atoms with E-state index in [4.69, 9.17) is 5.73 Å². The summed E-state index contributed by atoms with van der Waals surface area (Å²) in [7, 11) is 0. The maximum Gasteiger partial charge on any atom is 0.0357 e. The van der Waals surface area contributed by atoms with Gasteiger partial charge < -0.3 is 5.73 Å². The van der Waals surface area contributed by atoms with Crippen LogP contribution in [0, 0.1) is 0 Å². The lowest BCUT2D eigenvalue weighted by atomic mass is 10.1. The summed E-state index contributed by atoms with van der Waals surface area (Å²) in [5.74, 6) is 0. The highest BCUT2D eigenvalue weighted by Gasteiger charge is 2.01. The van der Waals surface area contributed by atoms with Crippen LogP contribution in [0.25, 0.3) is 5.57 Å². The van der Waals surface area contributed by atoms with Crippen LogP contribution >= 0.6 is 27.3 Å². The smallest absolute Gasteiger partial charge is 0.0357 e. The minimum atomic E-state index is 0.721. The molecule has 3 heteroatoms. The van der Waals surface area contributed by atoms with Gasteiger partial charge in [0, 0.05) is 15.4 Å². The molecule has 1 aromatic heterocycles. The second-order valence-corrected chi connectivity index (χ2v) is 4.20. The van der Waals surface area contributed by atoms with Crippen LogP contribution in [0.5, 0.6) is 0 Å². The summed E-state index contributed by atoms with van der Waals surface area (Å²) in [6, 6.07) is 0. The van der Waals surface area contributed by atoms with E-state index in [-0.39, 0.29) is 0 Å². The van der Waals surface area contributed by atoms with Crippen molar-refractivity contribution in [1.82, 2.24) is 0 Å². The van der Waals surface area contributed by atoms with Crippen LogP contribution in [-0.4, -0.2) is 6.54 Å². The summed E-state index contributed by atoms with van der Waals surface area (Å²) < 4.78 is 1.18. The summed E-state index contributed by atoms with van der Waals surface area (Å²) >= 11 is 5.21. The molecule has 0 spiro atoms. The molecule has 0 saturated carbocycles. The Morgan fingerprint density at radius 3 is 2.92 bits per heavy atom. The number of rotatable bonds is 3. The van der Waals surface area contributed by atoms with Crippen molar-refractivity contribution in [2.45, 2.75) is 13.3 Å². The largest absolute Gasteiger partial charge is 0.330 e. The summed E-state index contributed by atoms with van der Waals surface area (Å²) in [5.41, 5.74) is 8.00. The van der Waals surface area contributed by atoms with Gasteiger partial charge in [0.05, 0.1) is 0 Å². The molecule has 0 radical (unpaired) electrons. The van der Waals surface area contributed by atoms with E-state index in [9.17, 15) is 0 Å². The Hall–Kier alpha value is -0.120. The first-order valence-corrected chi connectivity index (χ1v) is 5.58. The lowest BCUT2D eigenvalue weighted by Crippen LogP contribution is -1.95. The first kappa shape index (κ1) is 9.96. The third-order valence-corrected chi connectivity index (χ3v) is 3.36. The van der Waals surface area contributed by atoms with E-state index in [0.717, 1.165) is 13.0 Å². The summed E-state index contributed by atoms with van der Waals surface area (Å²) in [6.07, 6.45) is 3.13. The molecule has 1 heterocycles. The van der Waals surface area contributed by atoms with Crippen molar-refractivity contribution in [3.05, 3.63) is 26.9 Å². The van der Waals surface area contributed by atoms with Gasteiger partial charge in [0.25, 0.3) is 0 Å². The standard InChI is InChI=1S/C9H12BrNS/c1-7(3-2-4-11)8-5-12-6-9(8)10/h3,5-6H,2,4,11H2,1H3/b7-3-. The quantitative estimate of drug-likeness (QED) is 0.870. The van der Waals surface area contributed by atoms with E-state index in [1.807, 2.05) is 0 Å². The van der Waals surface area contributed by atoms with Crippen molar-refractivity contribution >= 4 is 32.8 Å². The van der Waals surface area contributed by atoms with Gasteiger partial charge in [-0.2, -0.15) is 11.3 Å². The van der Waals surface area contributed by atoms with Crippen LogP contribution in [0.15, 0.2) is 21.3 Å². The maximum atomic E-state index is 5.41. The maximum absolute atomic E-state index is 5.41. The van der Waals surface area contributed by atoms with Gasteiger partial charge in [0.1, 0.15) is 0 Å². The van der Waals surface area contributed by atoms with Crippen molar-refractivity contribution < 1.29 is 0 Å². The second kappa shape index (κ2) is 4.80.